The maximum atomic E-state index is 12.9. The van der Waals surface area contributed by atoms with E-state index in [-0.39, 0.29) is 11.3 Å². The van der Waals surface area contributed by atoms with Crippen molar-refractivity contribution in [1.82, 2.24) is 0 Å². The first-order chi connectivity index (χ1) is 13.7. The summed E-state index contributed by atoms with van der Waals surface area (Å²) < 4.78 is 63.6. The monoisotopic (exact) mass is 421 g/mol. The van der Waals surface area contributed by atoms with Crippen molar-refractivity contribution in [2.45, 2.75) is 16.8 Å². The van der Waals surface area contributed by atoms with Crippen LogP contribution in [0.1, 0.15) is 21.5 Å². The van der Waals surface area contributed by atoms with E-state index in [4.69, 9.17) is 0 Å². The highest BCUT2D eigenvalue weighted by molar-refractivity contribution is 7.84. The standard InChI is InChI=1S/C21H15F4NO2S/c22-17-6-10-19(11-7-17)29(28)13-14-4-8-18(9-5-14)26-20(27)15-2-1-3-16(12-15)21(23,24)25/h1-12H,13H2,(H,26,27)/t29-/m0/s1. The third-order valence-corrected chi connectivity index (χ3v) is 5.43. The predicted molar refractivity (Wildman–Crippen MR) is 102 cm³/mol. The molecule has 0 saturated carbocycles. The average molecular weight is 421 g/mol. The summed E-state index contributed by atoms with van der Waals surface area (Å²) in [5.41, 5.74) is 0.110. The van der Waals surface area contributed by atoms with Gasteiger partial charge < -0.3 is 5.32 Å². The molecule has 1 N–H and O–H groups in total. The summed E-state index contributed by atoms with van der Waals surface area (Å²) in [5.74, 6) is -0.877. The molecule has 29 heavy (non-hydrogen) atoms. The highest BCUT2D eigenvalue weighted by Gasteiger charge is 2.30. The van der Waals surface area contributed by atoms with Crippen molar-refractivity contribution in [1.29, 1.82) is 0 Å². The lowest BCUT2D eigenvalue weighted by atomic mass is 10.1. The molecule has 0 spiro atoms. The van der Waals surface area contributed by atoms with Crippen LogP contribution in [0.25, 0.3) is 0 Å². The fourth-order valence-electron chi connectivity index (χ4n) is 2.55. The van der Waals surface area contributed by atoms with Gasteiger partial charge in [0.1, 0.15) is 5.82 Å². The number of carbonyl (C=O) groups is 1. The fraction of sp³-hybridized carbons (Fsp3) is 0.0952. The number of hydrogen-bond acceptors (Lipinski definition) is 2. The smallest absolute Gasteiger partial charge is 0.322 e. The average Bonchev–Trinajstić information content (AvgIpc) is 2.69. The van der Waals surface area contributed by atoms with Crippen LogP contribution in [0.4, 0.5) is 23.2 Å². The summed E-state index contributed by atoms with van der Waals surface area (Å²) in [7, 11) is -1.36. The minimum Gasteiger partial charge on any atom is -0.322 e. The summed E-state index contributed by atoms with van der Waals surface area (Å²) in [6.07, 6.45) is -4.53. The van der Waals surface area contributed by atoms with Gasteiger partial charge in [-0.05, 0) is 60.2 Å². The first-order valence-electron chi connectivity index (χ1n) is 8.44. The van der Waals surface area contributed by atoms with Crippen LogP contribution in [0.5, 0.6) is 0 Å². The molecule has 0 aliphatic rings. The minimum absolute atomic E-state index is 0.110. The van der Waals surface area contributed by atoms with E-state index < -0.39 is 34.3 Å². The number of carbonyl (C=O) groups excluding carboxylic acids is 1. The van der Waals surface area contributed by atoms with Gasteiger partial charge in [-0.3, -0.25) is 9.00 Å². The van der Waals surface area contributed by atoms with Gasteiger partial charge in [0.25, 0.3) is 5.91 Å². The molecule has 0 heterocycles. The Balaban J connectivity index is 1.65. The molecule has 1 amide bonds. The van der Waals surface area contributed by atoms with Crippen molar-refractivity contribution in [2.75, 3.05) is 5.32 Å². The highest BCUT2D eigenvalue weighted by Crippen LogP contribution is 2.29. The Hall–Kier alpha value is -3.00. The molecule has 3 rings (SSSR count). The Morgan fingerprint density at radius 3 is 2.21 bits per heavy atom. The van der Waals surface area contributed by atoms with Crippen molar-refractivity contribution in [3.05, 3.63) is 95.3 Å². The number of rotatable bonds is 5. The second-order valence-electron chi connectivity index (χ2n) is 6.17. The van der Waals surface area contributed by atoms with Crippen molar-refractivity contribution in [3.63, 3.8) is 0 Å². The van der Waals surface area contributed by atoms with Crippen LogP contribution in [-0.4, -0.2) is 10.1 Å². The Morgan fingerprint density at radius 1 is 0.931 bits per heavy atom. The van der Waals surface area contributed by atoms with Crippen LogP contribution < -0.4 is 5.32 Å². The molecule has 0 aliphatic carbocycles. The zero-order valence-corrected chi connectivity index (χ0v) is 15.7. The van der Waals surface area contributed by atoms with Gasteiger partial charge in [-0.15, -0.1) is 0 Å². The molecule has 0 saturated heterocycles. The summed E-state index contributed by atoms with van der Waals surface area (Å²) >= 11 is 0. The third-order valence-electron chi connectivity index (χ3n) is 4.04. The van der Waals surface area contributed by atoms with E-state index in [9.17, 15) is 26.6 Å². The lowest BCUT2D eigenvalue weighted by Crippen LogP contribution is -2.14. The van der Waals surface area contributed by atoms with Crippen LogP contribution in [0.3, 0.4) is 0 Å². The number of amides is 1. The summed E-state index contributed by atoms with van der Waals surface area (Å²) in [4.78, 5) is 12.7. The molecular formula is C21H15F4NO2S. The molecule has 0 bridgehead atoms. The Bertz CT molecular complexity index is 1030. The number of anilines is 1. The third kappa shape index (κ3) is 5.51. The molecule has 0 radical (unpaired) electrons. The largest absolute Gasteiger partial charge is 0.416 e. The molecular weight excluding hydrogens is 406 g/mol. The van der Waals surface area contributed by atoms with E-state index in [0.29, 0.717) is 10.6 Å². The van der Waals surface area contributed by atoms with Gasteiger partial charge in [-0.1, -0.05) is 18.2 Å². The number of halogens is 4. The first-order valence-corrected chi connectivity index (χ1v) is 9.76. The lowest BCUT2D eigenvalue weighted by molar-refractivity contribution is -0.137. The van der Waals surface area contributed by atoms with Crippen LogP contribution in [0, 0.1) is 5.82 Å². The maximum Gasteiger partial charge on any atom is 0.416 e. The number of hydrogen-bond donors (Lipinski definition) is 1. The number of alkyl halides is 3. The van der Waals surface area contributed by atoms with Crippen molar-refractivity contribution >= 4 is 22.4 Å². The van der Waals surface area contributed by atoms with Crippen molar-refractivity contribution in [2.24, 2.45) is 0 Å². The van der Waals surface area contributed by atoms with Gasteiger partial charge in [0, 0.05) is 16.1 Å². The lowest BCUT2D eigenvalue weighted by Gasteiger charge is -2.10. The van der Waals surface area contributed by atoms with Crippen molar-refractivity contribution in [3.8, 4) is 0 Å². The molecule has 0 unspecified atom stereocenters. The van der Waals surface area contributed by atoms with E-state index in [2.05, 4.69) is 5.32 Å². The van der Waals surface area contributed by atoms with Crippen LogP contribution in [-0.2, 0) is 22.7 Å². The zero-order valence-electron chi connectivity index (χ0n) is 14.9. The van der Waals surface area contributed by atoms with Crippen LogP contribution in [0.2, 0.25) is 0 Å². The molecule has 8 heteroatoms. The molecule has 3 aromatic carbocycles. The van der Waals surface area contributed by atoms with E-state index in [1.807, 2.05) is 0 Å². The van der Waals surface area contributed by atoms with Crippen molar-refractivity contribution < 1.29 is 26.6 Å². The Labute approximate surface area is 166 Å². The molecule has 150 valence electrons. The Kier molecular flexibility index (Phi) is 6.12. The topological polar surface area (TPSA) is 46.2 Å². The number of benzene rings is 3. The van der Waals surface area contributed by atoms with E-state index >= 15 is 0 Å². The van der Waals surface area contributed by atoms with Gasteiger partial charge in [0.05, 0.1) is 22.1 Å². The number of nitrogens with one attached hydrogen (secondary N) is 1. The van der Waals surface area contributed by atoms with Gasteiger partial charge in [-0.2, -0.15) is 13.2 Å². The zero-order chi connectivity index (χ0) is 21.0. The maximum absolute atomic E-state index is 12.9. The molecule has 3 nitrogen and oxygen atoms in total. The summed E-state index contributed by atoms with van der Waals surface area (Å²) in [6, 6.07) is 16.0. The second-order valence-corrected chi connectivity index (χ2v) is 7.62. The predicted octanol–water partition coefficient (Wildman–Crippen LogP) is 5.40. The quantitative estimate of drug-likeness (QED) is 0.561. The van der Waals surface area contributed by atoms with E-state index in [1.54, 1.807) is 24.3 Å². The van der Waals surface area contributed by atoms with E-state index in [0.717, 1.165) is 17.7 Å². The van der Waals surface area contributed by atoms with Gasteiger partial charge in [0.15, 0.2) is 0 Å². The molecule has 0 aliphatic heterocycles. The normalized spacial score (nSPS) is 12.4. The first kappa shape index (κ1) is 20.7. The van der Waals surface area contributed by atoms with Crippen LogP contribution >= 0.6 is 0 Å². The summed E-state index contributed by atoms with van der Waals surface area (Å²) in [5, 5.41) is 2.53. The highest BCUT2D eigenvalue weighted by atomic mass is 32.2. The van der Waals surface area contributed by atoms with E-state index in [1.165, 1.54) is 36.4 Å². The summed E-state index contributed by atoms with van der Waals surface area (Å²) in [6.45, 7) is 0. The Morgan fingerprint density at radius 2 is 1.59 bits per heavy atom. The minimum atomic E-state index is -4.53. The van der Waals surface area contributed by atoms with Crippen LogP contribution in [0.15, 0.2) is 77.7 Å². The SMILES string of the molecule is O=C(Nc1ccc(C[S@](=O)c2ccc(F)cc2)cc1)c1cccc(C(F)(F)F)c1. The molecule has 0 aromatic heterocycles. The molecule has 1 atom stereocenters. The second kappa shape index (κ2) is 8.57. The molecule has 0 fully saturated rings. The van der Waals surface area contributed by atoms with Gasteiger partial charge in [-0.25, -0.2) is 4.39 Å². The van der Waals surface area contributed by atoms with Gasteiger partial charge >= 0.3 is 6.18 Å². The fourth-order valence-corrected chi connectivity index (χ4v) is 3.65. The molecule has 3 aromatic rings. The van der Waals surface area contributed by atoms with Gasteiger partial charge in [0.2, 0.25) is 0 Å².